The van der Waals surface area contributed by atoms with Crippen LogP contribution in [0, 0.1) is 5.92 Å². The molecule has 0 aromatic heterocycles. The minimum absolute atomic E-state index is 0.833. The number of hydrogen-bond acceptors (Lipinski definition) is 2. The van der Waals surface area contributed by atoms with Crippen LogP contribution in [0.15, 0.2) is 33.4 Å². The lowest BCUT2D eigenvalue weighted by Gasteiger charge is -2.06. The second-order valence-electron chi connectivity index (χ2n) is 4.16. The van der Waals surface area contributed by atoms with Gasteiger partial charge in [-0.2, -0.15) is 0 Å². The number of hydrogen-bond donors (Lipinski definition) is 0. The van der Waals surface area contributed by atoms with Crippen LogP contribution in [-0.4, -0.2) is 19.0 Å². The van der Waals surface area contributed by atoms with E-state index in [4.69, 9.17) is 0 Å². The van der Waals surface area contributed by atoms with Crippen molar-refractivity contribution < 1.29 is 0 Å². The molecule has 15 heavy (non-hydrogen) atoms. The highest BCUT2D eigenvalue weighted by molar-refractivity contribution is 6.13. The van der Waals surface area contributed by atoms with Gasteiger partial charge in [-0.05, 0) is 31.4 Å². The molecule has 1 aliphatic rings. The molecule has 1 rings (SSSR count). The highest BCUT2D eigenvalue weighted by atomic mass is 14.8. The largest absolute Gasteiger partial charge is 0.286 e. The number of aliphatic imine (C=N–C) groups is 2. The zero-order valence-corrected chi connectivity index (χ0v) is 10.7. The molecule has 0 saturated heterocycles. The summed E-state index contributed by atoms with van der Waals surface area (Å²) in [4.78, 5) is 8.33. The van der Waals surface area contributed by atoms with Crippen LogP contribution in [0.5, 0.6) is 0 Å². The van der Waals surface area contributed by atoms with Crippen molar-refractivity contribution in [1.29, 1.82) is 0 Å². The van der Waals surface area contributed by atoms with Gasteiger partial charge in [-0.25, -0.2) is 0 Å². The summed E-state index contributed by atoms with van der Waals surface area (Å²) in [6.07, 6.45) is 5.84. The number of allylic oxidation sites excluding steroid dienone is 3. The van der Waals surface area contributed by atoms with Crippen molar-refractivity contribution in [1.82, 2.24) is 0 Å². The van der Waals surface area contributed by atoms with E-state index in [1.165, 1.54) is 0 Å². The van der Waals surface area contributed by atoms with Gasteiger partial charge < -0.3 is 0 Å². The van der Waals surface area contributed by atoms with Crippen molar-refractivity contribution >= 4 is 11.9 Å². The molecular weight excluding hydrogens is 184 g/mol. The van der Waals surface area contributed by atoms with E-state index in [-0.39, 0.29) is 0 Å². The Labute approximate surface area is 93.5 Å². The maximum absolute atomic E-state index is 4.22. The van der Waals surface area contributed by atoms with Crippen molar-refractivity contribution in [3.8, 4) is 0 Å². The Kier molecular flexibility index (Phi) is 6.59. The lowest BCUT2D eigenvalue weighted by Crippen LogP contribution is -2.03. The van der Waals surface area contributed by atoms with Crippen molar-refractivity contribution in [3.63, 3.8) is 0 Å². The third-order valence-electron chi connectivity index (χ3n) is 1.55. The second-order valence-corrected chi connectivity index (χ2v) is 4.16. The fraction of sp³-hybridized carbons (Fsp3) is 0.538. The Hall–Kier alpha value is -1.18. The molecular formula is C13H22N2. The summed E-state index contributed by atoms with van der Waals surface area (Å²) in [5, 5.41) is 0. The third kappa shape index (κ3) is 6.00. The van der Waals surface area contributed by atoms with E-state index in [1.807, 2.05) is 32.2 Å². The Morgan fingerprint density at radius 2 is 1.87 bits per heavy atom. The SMILES string of the molecule is C/C=C1/N=CC(C)=CC1=NC.CC(C)C. The van der Waals surface area contributed by atoms with Gasteiger partial charge in [-0.15, -0.1) is 0 Å². The molecule has 1 aliphatic heterocycles. The van der Waals surface area contributed by atoms with E-state index in [9.17, 15) is 0 Å². The maximum Gasteiger partial charge on any atom is 0.0839 e. The quantitative estimate of drug-likeness (QED) is 0.578. The first-order valence-corrected chi connectivity index (χ1v) is 5.37. The van der Waals surface area contributed by atoms with Crippen LogP contribution >= 0.6 is 0 Å². The smallest absolute Gasteiger partial charge is 0.0839 e. The number of rotatable bonds is 0. The van der Waals surface area contributed by atoms with E-state index >= 15 is 0 Å². The number of nitrogens with zero attached hydrogens (tertiary/aromatic N) is 2. The molecule has 0 bridgehead atoms. The summed E-state index contributed by atoms with van der Waals surface area (Å²) < 4.78 is 0. The van der Waals surface area contributed by atoms with E-state index in [0.717, 1.165) is 22.9 Å². The van der Waals surface area contributed by atoms with Gasteiger partial charge in [0.2, 0.25) is 0 Å². The first-order chi connectivity index (χ1) is 7.01. The molecule has 0 spiro atoms. The molecule has 0 aliphatic carbocycles. The fourth-order valence-corrected chi connectivity index (χ4v) is 0.966. The normalized spacial score (nSPS) is 20.3. The van der Waals surface area contributed by atoms with E-state index in [1.54, 1.807) is 7.05 Å². The molecule has 2 nitrogen and oxygen atoms in total. The van der Waals surface area contributed by atoms with Gasteiger partial charge in [-0.3, -0.25) is 9.98 Å². The minimum Gasteiger partial charge on any atom is -0.286 e. The summed E-state index contributed by atoms with van der Waals surface area (Å²) in [7, 11) is 1.78. The standard InChI is InChI=1S/C9H12N2.C4H10/c1-4-8-9(10-3)5-7(2)6-11-8;1-4(2)3/h4-6H,1-3H3;4H,1-3H3/b8-4+,10-9?;. The van der Waals surface area contributed by atoms with Gasteiger partial charge in [0, 0.05) is 13.3 Å². The van der Waals surface area contributed by atoms with Gasteiger partial charge in [-0.1, -0.05) is 26.8 Å². The molecule has 0 amide bonds. The molecule has 0 aromatic rings. The predicted octanol–water partition coefficient (Wildman–Crippen LogP) is 3.65. The van der Waals surface area contributed by atoms with E-state index < -0.39 is 0 Å². The van der Waals surface area contributed by atoms with Crippen molar-refractivity contribution in [2.24, 2.45) is 15.9 Å². The second kappa shape index (κ2) is 7.16. The lowest BCUT2D eigenvalue weighted by atomic mass is 10.1. The van der Waals surface area contributed by atoms with Gasteiger partial charge in [0.05, 0.1) is 11.4 Å². The van der Waals surface area contributed by atoms with Crippen LogP contribution in [0.25, 0.3) is 0 Å². The van der Waals surface area contributed by atoms with Crippen molar-refractivity contribution in [2.75, 3.05) is 7.05 Å². The monoisotopic (exact) mass is 206 g/mol. The zero-order chi connectivity index (χ0) is 11.8. The number of dihydropyridines is 1. The predicted molar refractivity (Wildman–Crippen MR) is 69.9 cm³/mol. The lowest BCUT2D eigenvalue weighted by molar-refractivity contribution is 0.737. The van der Waals surface area contributed by atoms with E-state index in [2.05, 4.69) is 30.8 Å². The molecule has 0 unspecified atom stereocenters. The summed E-state index contributed by atoms with van der Waals surface area (Å²) in [5.74, 6) is 0.833. The Morgan fingerprint density at radius 1 is 1.33 bits per heavy atom. The molecule has 0 atom stereocenters. The van der Waals surface area contributed by atoms with Crippen LogP contribution in [-0.2, 0) is 0 Å². The topological polar surface area (TPSA) is 24.7 Å². The molecule has 0 N–H and O–H groups in total. The van der Waals surface area contributed by atoms with Gasteiger partial charge in [0.15, 0.2) is 0 Å². The van der Waals surface area contributed by atoms with Gasteiger partial charge in [0.1, 0.15) is 0 Å². The summed E-state index contributed by atoms with van der Waals surface area (Å²) in [6, 6.07) is 0. The Morgan fingerprint density at radius 3 is 2.27 bits per heavy atom. The highest BCUT2D eigenvalue weighted by Gasteiger charge is 2.04. The minimum atomic E-state index is 0.833. The molecule has 84 valence electrons. The Balaban J connectivity index is 0.000000423. The van der Waals surface area contributed by atoms with Crippen LogP contribution in [0.2, 0.25) is 0 Å². The first kappa shape index (κ1) is 13.8. The average Bonchev–Trinajstić information content (AvgIpc) is 2.16. The summed E-state index contributed by atoms with van der Waals surface area (Å²) in [6.45, 7) is 10.5. The van der Waals surface area contributed by atoms with Crippen LogP contribution in [0.3, 0.4) is 0 Å². The first-order valence-electron chi connectivity index (χ1n) is 5.37. The highest BCUT2D eigenvalue weighted by Crippen LogP contribution is 2.09. The summed E-state index contributed by atoms with van der Waals surface area (Å²) in [5.41, 5.74) is 3.07. The molecule has 2 heteroatoms. The Bertz CT molecular complexity index is 302. The van der Waals surface area contributed by atoms with Crippen LogP contribution in [0.4, 0.5) is 0 Å². The van der Waals surface area contributed by atoms with E-state index in [0.29, 0.717) is 0 Å². The van der Waals surface area contributed by atoms with Gasteiger partial charge in [0.25, 0.3) is 0 Å². The molecule has 0 fully saturated rings. The average molecular weight is 206 g/mol. The summed E-state index contributed by atoms with van der Waals surface area (Å²) >= 11 is 0. The van der Waals surface area contributed by atoms with Gasteiger partial charge >= 0.3 is 0 Å². The maximum atomic E-state index is 4.22. The molecule has 0 aromatic carbocycles. The fourth-order valence-electron chi connectivity index (χ4n) is 0.966. The van der Waals surface area contributed by atoms with Crippen molar-refractivity contribution in [3.05, 3.63) is 23.4 Å². The molecule has 1 heterocycles. The molecule has 0 saturated carbocycles. The van der Waals surface area contributed by atoms with Crippen LogP contribution < -0.4 is 0 Å². The molecule has 0 radical (unpaired) electrons. The van der Waals surface area contributed by atoms with Crippen LogP contribution in [0.1, 0.15) is 34.6 Å². The zero-order valence-electron chi connectivity index (χ0n) is 10.7. The third-order valence-corrected chi connectivity index (χ3v) is 1.55. The van der Waals surface area contributed by atoms with Crippen molar-refractivity contribution in [2.45, 2.75) is 34.6 Å².